The van der Waals surface area contributed by atoms with Crippen LogP contribution in [-0.4, -0.2) is 38.3 Å². The van der Waals surface area contributed by atoms with Crippen molar-refractivity contribution < 1.29 is 29.7 Å². The number of aliphatic hydroxyl groups excluding tert-OH is 2. The maximum Gasteiger partial charge on any atom is 0.209 e. The Morgan fingerprint density at radius 2 is 1.70 bits per heavy atom. The molecule has 0 bridgehead atoms. The van der Waals surface area contributed by atoms with Crippen LogP contribution in [-0.2, 0) is 27.8 Å². The van der Waals surface area contributed by atoms with Gasteiger partial charge in [-0.15, -0.1) is 0 Å². The number of rotatable bonds is 3. The zero-order valence-corrected chi connectivity index (χ0v) is 23.3. The number of carbonyl (C=O) groups is 3. The third-order valence-corrected chi connectivity index (χ3v) is 8.35. The number of allylic oxidation sites excluding steroid dienone is 2. The van der Waals surface area contributed by atoms with Gasteiger partial charge in [-0.05, 0) is 65.2 Å². The second kappa shape index (κ2) is 8.65. The van der Waals surface area contributed by atoms with Crippen molar-refractivity contribution in [3.63, 3.8) is 0 Å². The van der Waals surface area contributed by atoms with E-state index in [1.807, 2.05) is 27.7 Å². The second-order valence-electron chi connectivity index (χ2n) is 13.4. The molecule has 1 aromatic carbocycles. The normalized spacial score (nSPS) is 26.2. The van der Waals surface area contributed by atoms with Crippen LogP contribution in [0.3, 0.4) is 0 Å². The molecule has 3 N–H and O–H groups in total. The smallest absolute Gasteiger partial charge is 0.209 e. The minimum atomic E-state index is -2.41. The highest BCUT2D eigenvalue weighted by atomic mass is 16.3. The van der Waals surface area contributed by atoms with Gasteiger partial charge < -0.3 is 15.3 Å². The average Bonchev–Trinajstić information content (AvgIpc) is 2.74. The monoisotopic (exact) mass is 508 g/mol. The van der Waals surface area contributed by atoms with Gasteiger partial charge in [-0.25, -0.2) is 0 Å². The lowest BCUT2D eigenvalue weighted by Gasteiger charge is -2.46. The summed E-state index contributed by atoms with van der Waals surface area (Å²) in [6.07, 6.45) is 1.41. The second-order valence-corrected chi connectivity index (χ2v) is 13.4. The molecule has 0 heterocycles. The summed E-state index contributed by atoms with van der Waals surface area (Å²) < 4.78 is 0. The van der Waals surface area contributed by atoms with Crippen LogP contribution in [0.25, 0.3) is 0 Å². The van der Waals surface area contributed by atoms with E-state index in [-0.39, 0.29) is 47.7 Å². The first-order valence-electron chi connectivity index (χ1n) is 13.3. The number of hydrogen-bond acceptors (Lipinski definition) is 6. The molecule has 37 heavy (non-hydrogen) atoms. The van der Waals surface area contributed by atoms with Gasteiger partial charge in [0.2, 0.25) is 5.78 Å². The van der Waals surface area contributed by atoms with Crippen molar-refractivity contribution in [1.29, 1.82) is 0 Å². The standard InChI is InChI=1S/C31H40O6/c1-9-16-12-20(30(6,7)8)15(2)23-19(16)11-17-10-18-13-21(32)25(22(33)14-29(3,4)5)28(36)31(18,37)27(35)24(17)26(23)34/h12,17-18,32,35,37H,9-11,13-14H2,1-8H3/t17-,18+,31+/m0/s1. The molecule has 3 aliphatic rings. The molecular formula is C31H40O6. The Hall–Kier alpha value is -2.73. The van der Waals surface area contributed by atoms with E-state index in [9.17, 15) is 29.7 Å². The number of carbonyl (C=O) groups excluding carboxylic acids is 3. The fourth-order valence-corrected chi connectivity index (χ4v) is 6.65. The third-order valence-electron chi connectivity index (χ3n) is 8.35. The third kappa shape index (κ3) is 4.18. The van der Waals surface area contributed by atoms with Crippen LogP contribution >= 0.6 is 0 Å². The molecule has 0 amide bonds. The highest BCUT2D eigenvalue weighted by Gasteiger charge is 2.59. The molecule has 0 fully saturated rings. The van der Waals surface area contributed by atoms with Crippen LogP contribution in [0.15, 0.2) is 28.7 Å². The van der Waals surface area contributed by atoms with Gasteiger partial charge in [0.1, 0.15) is 17.1 Å². The van der Waals surface area contributed by atoms with Gasteiger partial charge in [0.15, 0.2) is 17.2 Å². The van der Waals surface area contributed by atoms with Crippen molar-refractivity contribution in [2.75, 3.05) is 0 Å². The predicted molar refractivity (Wildman–Crippen MR) is 142 cm³/mol. The maximum absolute atomic E-state index is 14.1. The molecule has 6 heteroatoms. The fraction of sp³-hybridized carbons (Fsp3) is 0.581. The molecule has 0 aromatic heterocycles. The lowest BCUT2D eigenvalue weighted by molar-refractivity contribution is -0.144. The van der Waals surface area contributed by atoms with Gasteiger partial charge in [0.25, 0.3) is 0 Å². The molecule has 0 saturated heterocycles. The number of aryl methyl sites for hydroxylation is 1. The summed E-state index contributed by atoms with van der Waals surface area (Å²) in [5, 5.41) is 33.9. The quantitative estimate of drug-likeness (QED) is 0.461. The first-order chi connectivity index (χ1) is 16.9. The summed E-state index contributed by atoms with van der Waals surface area (Å²) in [5.74, 6) is -4.14. The summed E-state index contributed by atoms with van der Waals surface area (Å²) in [6.45, 7) is 15.8. The van der Waals surface area contributed by atoms with Gasteiger partial charge in [-0.3, -0.25) is 14.4 Å². The number of fused-ring (bicyclic) bond motifs is 3. The summed E-state index contributed by atoms with van der Waals surface area (Å²) in [7, 11) is 0. The topological polar surface area (TPSA) is 112 Å². The highest BCUT2D eigenvalue weighted by Crippen LogP contribution is 2.52. The maximum atomic E-state index is 14.1. The van der Waals surface area contributed by atoms with Crippen molar-refractivity contribution in [2.45, 2.75) is 98.5 Å². The molecule has 0 radical (unpaired) electrons. The van der Waals surface area contributed by atoms with Crippen LogP contribution < -0.4 is 0 Å². The molecule has 200 valence electrons. The molecular weight excluding hydrogens is 468 g/mol. The van der Waals surface area contributed by atoms with Crippen LogP contribution in [0.1, 0.15) is 100 Å². The van der Waals surface area contributed by atoms with E-state index < -0.39 is 39.8 Å². The van der Waals surface area contributed by atoms with Gasteiger partial charge >= 0.3 is 0 Å². The van der Waals surface area contributed by atoms with Crippen molar-refractivity contribution >= 4 is 17.3 Å². The minimum absolute atomic E-state index is 0.000284. The first kappa shape index (κ1) is 27.3. The van der Waals surface area contributed by atoms with Gasteiger partial charge in [-0.1, -0.05) is 54.5 Å². The molecule has 0 spiro atoms. The van der Waals surface area contributed by atoms with E-state index in [1.165, 1.54) is 0 Å². The van der Waals surface area contributed by atoms with E-state index >= 15 is 0 Å². The Balaban J connectivity index is 1.88. The molecule has 0 aliphatic heterocycles. The summed E-state index contributed by atoms with van der Waals surface area (Å²) >= 11 is 0. The number of aliphatic hydroxyl groups is 3. The van der Waals surface area contributed by atoms with Crippen molar-refractivity contribution in [1.82, 2.24) is 0 Å². The Morgan fingerprint density at radius 3 is 2.24 bits per heavy atom. The molecule has 3 atom stereocenters. The van der Waals surface area contributed by atoms with Gasteiger partial charge in [0.05, 0.1) is 0 Å². The number of benzene rings is 1. The van der Waals surface area contributed by atoms with E-state index in [2.05, 4.69) is 33.8 Å². The summed E-state index contributed by atoms with van der Waals surface area (Å²) in [5.41, 5.74) is 1.09. The summed E-state index contributed by atoms with van der Waals surface area (Å²) in [4.78, 5) is 40.7. The molecule has 6 nitrogen and oxygen atoms in total. The van der Waals surface area contributed by atoms with E-state index in [0.717, 1.165) is 28.7 Å². The summed E-state index contributed by atoms with van der Waals surface area (Å²) in [6, 6.07) is 2.18. The zero-order chi connectivity index (χ0) is 27.8. The predicted octanol–water partition coefficient (Wildman–Crippen LogP) is 5.56. The van der Waals surface area contributed by atoms with E-state index in [0.29, 0.717) is 12.0 Å². The molecule has 1 aromatic rings. The van der Waals surface area contributed by atoms with E-state index in [1.54, 1.807) is 0 Å². The van der Waals surface area contributed by atoms with Crippen LogP contribution in [0.5, 0.6) is 0 Å². The van der Waals surface area contributed by atoms with Crippen LogP contribution in [0.2, 0.25) is 0 Å². The largest absolute Gasteiger partial charge is 0.511 e. The Bertz CT molecular complexity index is 1280. The Labute approximate surface area is 219 Å². The lowest BCUT2D eigenvalue weighted by Crippen LogP contribution is -2.57. The number of ketones is 3. The molecule has 0 saturated carbocycles. The SMILES string of the molecule is CCc1cc(C(C)(C)C)c(C)c2c1C[C@@H]1C[C@@H]3CC(O)=C(C(=O)CC(C)(C)C)C(=O)[C@]3(O)C(O)=C1C2=O. The Morgan fingerprint density at radius 1 is 1.08 bits per heavy atom. The van der Waals surface area contributed by atoms with Gasteiger partial charge in [-0.2, -0.15) is 0 Å². The zero-order valence-electron chi connectivity index (χ0n) is 23.3. The van der Waals surface area contributed by atoms with Crippen molar-refractivity contribution in [3.8, 4) is 0 Å². The molecule has 0 unspecified atom stereocenters. The molecule has 3 aliphatic carbocycles. The van der Waals surface area contributed by atoms with E-state index in [4.69, 9.17) is 0 Å². The number of Topliss-reactive ketones (excluding diaryl/α,β-unsaturated/α-hetero) is 3. The number of hydrogen-bond donors (Lipinski definition) is 3. The lowest BCUT2D eigenvalue weighted by atomic mass is 9.59. The first-order valence-corrected chi connectivity index (χ1v) is 13.3. The van der Waals surface area contributed by atoms with Crippen LogP contribution in [0.4, 0.5) is 0 Å². The van der Waals surface area contributed by atoms with Crippen LogP contribution in [0, 0.1) is 24.2 Å². The minimum Gasteiger partial charge on any atom is -0.511 e. The van der Waals surface area contributed by atoms with Crippen molar-refractivity contribution in [2.24, 2.45) is 17.3 Å². The molecule has 4 rings (SSSR count). The average molecular weight is 509 g/mol. The fourth-order valence-electron chi connectivity index (χ4n) is 6.65. The Kier molecular flexibility index (Phi) is 6.39. The highest BCUT2D eigenvalue weighted by molar-refractivity contribution is 6.25. The van der Waals surface area contributed by atoms with Crippen molar-refractivity contribution in [3.05, 3.63) is 56.5 Å². The van der Waals surface area contributed by atoms with Gasteiger partial charge in [0, 0.05) is 29.9 Å².